The molecule has 1 aliphatic rings. The van der Waals surface area contributed by atoms with E-state index < -0.39 is 0 Å². The molecule has 4 nitrogen and oxygen atoms in total. The Morgan fingerprint density at radius 2 is 2.05 bits per heavy atom. The Labute approximate surface area is 125 Å². The van der Waals surface area contributed by atoms with Crippen LogP contribution in [-0.4, -0.2) is 60.1 Å². The maximum Gasteiger partial charge on any atom is 0.223 e. The molecule has 0 aromatic heterocycles. The van der Waals surface area contributed by atoms with Gasteiger partial charge in [0.2, 0.25) is 5.91 Å². The number of aliphatic hydroxyl groups is 1. The minimum atomic E-state index is -0.260. The highest BCUT2D eigenvalue weighted by molar-refractivity contribution is 5.77. The minimum Gasteiger partial charge on any atom is -0.395 e. The quantitative estimate of drug-likeness (QED) is 0.894. The maximum atomic E-state index is 13.2. The molecule has 1 heterocycles. The molecule has 1 atom stereocenters. The number of hydrogen-bond donors (Lipinski definition) is 1. The summed E-state index contributed by atoms with van der Waals surface area (Å²) >= 11 is 0. The molecule has 0 saturated carbocycles. The molecule has 1 saturated heterocycles. The molecule has 0 radical (unpaired) electrons. The van der Waals surface area contributed by atoms with Crippen LogP contribution in [0.4, 0.5) is 4.39 Å². The predicted octanol–water partition coefficient (Wildman–Crippen LogP) is 1.46. The first-order chi connectivity index (χ1) is 10.1. The Morgan fingerprint density at radius 1 is 1.33 bits per heavy atom. The molecular formula is C16H23FN2O2. The SMILES string of the molecule is CC(CC(=O)N1CCN(CCO)CC1)c1cccc(F)c1. The van der Waals surface area contributed by atoms with Gasteiger partial charge in [-0.1, -0.05) is 19.1 Å². The third-order valence-corrected chi connectivity index (χ3v) is 4.04. The Kier molecular flexibility index (Phi) is 5.70. The van der Waals surface area contributed by atoms with Crippen molar-refractivity contribution in [3.63, 3.8) is 0 Å². The number of carbonyl (C=O) groups excluding carboxylic acids is 1. The number of benzene rings is 1. The first kappa shape index (κ1) is 15.9. The van der Waals surface area contributed by atoms with Gasteiger partial charge in [0.1, 0.15) is 5.82 Å². The fourth-order valence-electron chi connectivity index (χ4n) is 2.68. The summed E-state index contributed by atoms with van der Waals surface area (Å²) in [6.45, 7) is 5.80. The van der Waals surface area contributed by atoms with Crippen LogP contribution < -0.4 is 0 Å². The number of rotatable bonds is 5. The van der Waals surface area contributed by atoms with Gasteiger partial charge in [-0.05, 0) is 23.6 Å². The van der Waals surface area contributed by atoms with Crippen molar-refractivity contribution in [3.05, 3.63) is 35.6 Å². The van der Waals surface area contributed by atoms with Gasteiger partial charge >= 0.3 is 0 Å². The fraction of sp³-hybridized carbons (Fsp3) is 0.562. The van der Waals surface area contributed by atoms with Crippen LogP contribution in [0.15, 0.2) is 24.3 Å². The summed E-state index contributed by atoms with van der Waals surface area (Å²) < 4.78 is 13.2. The van der Waals surface area contributed by atoms with Gasteiger partial charge in [0.25, 0.3) is 0 Å². The zero-order valence-corrected chi connectivity index (χ0v) is 12.5. The number of β-amino-alcohol motifs (C(OH)–C–C–N with tert-alkyl or cyclic N) is 1. The first-order valence-corrected chi connectivity index (χ1v) is 7.46. The second kappa shape index (κ2) is 7.52. The van der Waals surface area contributed by atoms with E-state index in [4.69, 9.17) is 5.11 Å². The minimum absolute atomic E-state index is 0.0173. The molecule has 1 aromatic rings. The monoisotopic (exact) mass is 294 g/mol. The second-order valence-electron chi connectivity index (χ2n) is 5.61. The zero-order chi connectivity index (χ0) is 15.2. The largest absolute Gasteiger partial charge is 0.395 e. The first-order valence-electron chi connectivity index (χ1n) is 7.46. The van der Waals surface area contributed by atoms with E-state index in [0.717, 1.165) is 18.7 Å². The van der Waals surface area contributed by atoms with E-state index in [-0.39, 0.29) is 24.2 Å². The molecule has 1 fully saturated rings. The van der Waals surface area contributed by atoms with Crippen LogP contribution in [-0.2, 0) is 4.79 Å². The molecule has 1 aliphatic heterocycles. The summed E-state index contributed by atoms with van der Waals surface area (Å²) in [7, 11) is 0. The molecule has 1 amide bonds. The van der Waals surface area contributed by atoms with Crippen molar-refractivity contribution >= 4 is 5.91 Å². The van der Waals surface area contributed by atoms with Crippen LogP contribution in [0.1, 0.15) is 24.8 Å². The lowest BCUT2D eigenvalue weighted by molar-refractivity contribution is -0.133. The lowest BCUT2D eigenvalue weighted by Crippen LogP contribution is -2.49. The zero-order valence-electron chi connectivity index (χ0n) is 12.5. The number of carbonyl (C=O) groups is 1. The van der Waals surface area contributed by atoms with Gasteiger partial charge in [-0.3, -0.25) is 9.69 Å². The fourth-order valence-corrected chi connectivity index (χ4v) is 2.68. The van der Waals surface area contributed by atoms with E-state index in [1.54, 1.807) is 6.07 Å². The Bertz CT molecular complexity index is 473. The van der Waals surface area contributed by atoms with E-state index >= 15 is 0 Å². The van der Waals surface area contributed by atoms with Crippen LogP contribution in [0.3, 0.4) is 0 Å². The van der Waals surface area contributed by atoms with Gasteiger partial charge in [0.15, 0.2) is 0 Å². The molecule has 2 rings (SSSR count). The Balaban J connectivity index is 1.84. The molecule has 21 heavy (non-hydrogen) atoms. The number of hydrogen-bond acceptors (Lipinski definition) is 3. The second-order valence-corrected chi connectivity index (χ2v) is 5.61. The Hall–Kier alpha value is -1.46. The van der Waals surface area contributed by atoms with Crippen LogP contribution in [0.25, 0.3) is 0 Å². The van der Waals surface area contributed by atoms with Gasteiger partial charge in [-0.15, -0.1) is 0 Å². The van der Waals surface area contributed by atoms with Crippen molar-refractivity contribution in [2.75, 3.05) is 39.3 Å². The van der Waals surface area contributed by atoms with Crippen molar-refractivity contribution in [1.29, 1.82) is 0 Å². The van der Waals surface area contributed by atoms with Crippen LogP contribution >= 0.6 is 0 Å². The standard InChI is InChI=1S/C16H23FN2O2/c1-13(14-3-2-4-15(17)12-14)11-16(21)19-7-5-18(6-8-19)9-10-20/h2-4,12-13,20H,5-11H2,1H3. The lowest BCUT2D eigenvalue weighted by atomic mass is 9.97. The van der Waals surface area contributed by atoms with E-state index in [1.165, 1.54) is 12.1 Å². The van der Waals surface area contributed by atoms with E-state index in [0.29, 0.717) is 26.1 Å². The third kappa shape index (κ3) is 4.51. The summed E-state index contributed by atoms with van der Waals surface area (Å²) in [5, 5.41) is 8.91. The van der Waals surface area contributed by atoms with Crippen LogP contribution in [0.2, 0.25) is 0 Å². The van der Waals surface area contributed by atoms with Crippen LogP contribution in [0.5, 0.6) is 0 Å². The van der Waals surface area contributed by atoms with Gasteiger partial charge in [0, 0.05) is 39.1 Å². The molecule has 5 heteroatoms. The maximum absolute atomic E-state index is 13.2. The van der Waals surface area contributed by atoms with Gasteiger partial charge in [-0.25, -0.2) is 4.39 Å². The van der Waals surface area contributed by atoms with Gasteiger partial charge in [0.05, 0.1) is 6.61 Å². The van der Waals surface area contributed by atoms with Crippen molar-refractivity contribution < 1.29 is 14.3 Å². The molecule has 0 spiro atoms. The Morgan fingerprint density at radius 3 is 2.67 bits per heavy atom. The molecule has 0 aliphatic carbocycles. The van der Waals surface area contributed by atoms with Crippen molar-refractivity contribution in [3.8, 4) is 0 Å². The summed E-state index contributed by atoms with van der Waals surface area (Å²) in [5.74, 6) is -0.122. The molecule has 116 valence electrons. The molecular weight excluding hydrogens is 271 g/mol. The highest BCUT2D eigenvalue weighted by atomic mass is 19.1. The summed E-state index contributed by atoms with van der Waals surface area (Å²) in [5.41, 5.74) is 0.863. The van der Waals surface area contributed by atoms with Crippen LogP contribution in [0, 0.1) is 5.82 Å². The van der Waals surface area contributed by atoms with E-state index in [9.17, 15) is 9.18 Å². The lowest BCUT2D eigenvalue weighted by Gasteiger charge is -2.34. The molecule has 1 aromatic carbocycles. The number of nitrogens with zero attached hydrogens (tertiary/aromatic N) is 2. The summed E-state index contributed by atoms with van der Waals surface area (Å²) in [4.78, 5) is 16.3. The predicted molar refractivity (Wildman–Crippen MR) is 79.5 cm³/mol. The average Bonchev–Trinajstić information content (AvgIpc) is 2.48. The summed E-state index contributed by atoms with van der Waals surface area (Å²) in [6.07, 6.45) is 0.406. The van der Waals surface area contributed by atoms with Crippen molar-refractivity contribution in [1.82, 2.24) is 9.80 Å². The smallest absolute Gasteiger partial charge is 0.223 e. The third-order valence-electron chi connectivity index (χ3n) is 4.04. The number of amides is 1. The van der Waals surface area contributed by atoms with Crippen molar-refractivity contribution in [2.45, 2.75) is 19.3 Å². The van der Waals surface area contributed by atoms with E-state index in [2.05, 4.69) is 4.90 Å². The molecule has 1 unspecified atom stereocenters. The number of halogens is 1. The van der Waals surface area contributed by atoms with Crippen molar-refractivity contribution in [2.24, 2.45) is 0 Å². The highest BCUT2D eigenvalue weighted by Crippen LogP contribution is 2.21. The average molecular weight is 294 g/mol. The van der Waals surface area contributed by atoms with E-state index in [1.807, 2.05) is 17.9 Å². The summed E-state index contributed by atoms with van der Waals surface area (Å²) in [6, 6.07) is 6.45. The number of piperazine rings is 1. The molecule has 0 bridgehead atoms. The normalized spacial score (nSPS) is 17.8. The number of aliphatic hydroxyl groups excluding tert-OH is 1. The molecule has 1 N–H and O–H groups in total. The van der Waals surface area contributed by atoms with Gasteiger partial charge < -0.3 is 10.0 Å². The highest BCUT2D eigenvalue weighted by Gasteiger charge is 2.22. The van der Waals surface area contributed by atoms with Gasteiger partial charge in [-0.2, -0.15) is 0 Å². The topological polar surface area (TPSA) is 43.8 Å².